The first-order chi connectivity index (χ1) is 19.9. The van der Waals surface area contributed by atoms with E-state index in [0.29, 0.717) is 0 Å². The summed E-state index contributed by atoms with van der Waals surface area (Å²) in [7, 11) is 1.09. The molecule has 3 aromatic rings. The van der Waals surface area contributed by atoms with Gasteiger partial charge in [0.2, 0.25) is 17.3 Å². The molecule has 0 bridgehead atoms. The Labute approximate surface area is 242 Å². The highest BCUT2D eigenvalue weighted by Crippen LogP contribution is 2.57. The number of methoxy groups -OCH3 is 1. The molecular weight excluding hydrogens is 624 g/mol. The third kappa shape index (κ3) is 3.65. The van der Waals surface area contributed by atoms with E-state index in [0.717, 1.165) is 13.2 Å². The van der Waals surface area contributed by atoms with Crippen LogP contribution in [0.2, 0.25) is 0 Å². The number of carbonyl (C=O) groups is 3. The van der Waals surface area contributed by atoms with E-state index >= 15 is 0 Å². The number of nitrogens with one attached hydrogen (secondary N) is 1. The van der Waals surface area contributed by atoms with Gasteiger partial charge in [-0.2, -0.15) is 5.26 Å². The van der Waals surface area contributed by atoms with Gasteiger partial charge in [-0.05, 0) is 33.4 Å². The van der Waals surface area contributed by atoms with E-state index < -0.39 is 74.9 Å². The largest absolute Gasteiger partial charge is 0.507 e. The Hall–Kier alpha value is -5.07. The Morgan fingerprint density at radius 3 is 2.50 bits per heavy atom. The maximum Gasteiger partial charge on any atom is 0.374 e. The third-order valence-corrected chi connectivity index (χ3v) is 7.98. The second kappa shape index (κ2) is 9.23. The Balaban J connectivity index is 1.45. The zero-order valence-electron chi connectivity index (χ0n) is 21.2. The minimum atomic E-state index is -1.87. The molecule has 0 saturated carbocycles. The molecule has 2 atom stereocenters. The fraction of sp³-hybridized carbons (Fsp3) is 0.222. The first kappa shape index (κ1) is 27.1. The number of ether oxygens (including phenoxy) is 3. The summed E-state index contributed by atoms with van der Waals surface area (Å²) in [6.45, 7) is -0.332. The molecule has 0 fully saturated rings. The molecule has 214 valence electrons. The van der Waals surface area contributed by atoms with E-state index in [1.54, 1.807) is 6.07 Å². The molecular formula is C27H17BrN2O12. The monoisotopic (exact) mass is 640 g/mol. The standard InChI is InChI=1S/C27H17BrN2O12/c1-39-25(37)12-5-8-4-9-11(31)7-27(41-23(9)21(35)13(8)26(38)40-12)6-10-18(32)14-15(22(36)24(10)42-27)20(34)17(30-3-2-29)16(28)19(14)33/h4-5,11,30-32,35-36H,3,6-7H2,1H3. The van der Waals surface area contributed by atoms with Crippen molar-refractivity contribution in [1.82, 2.24) is 5.32 Å². The fourth-order valence-corrected chi connectivity index (χ4v) is 5.91. The van der Waals surface area contributed by atoms with Crippen molar-refractivity contribution in [3.05, 3.63) is 60.7 Å². The lowest BCUT2D eigenvalue weighted by molar-refractivity contribution is -0.139. The van der Waals surface area contributed by atoms with Gasteiger partial charge in [-0.3, -0.25) is 9.59 Å². The van der Waals surface area contributed by atoms with Crippen molar-refractivity contribution >= 4 is 44.2 Å². The summed E-state index contributed by atoms with van der Waals surface area (Å²) in [5.41, 5.74) is -2.55. The summed E-state index contributed by atoms with van der Waals surface area (Å²) >= 11 is 3.01. The number of halogens is 1. The molecule has 2 unspecified atom stereocenters. The number of aliphatic hydroxyl groups excluding tert-OH is 1. The maximum atomic E-state index is 13.2. The van der Waals surface area contributed by atoms with E-state index in [-0.39, 0.29) is 57.2 Å². The molecule has 0 amide bonds. The zero-order valence-corrected chi connectivity index (χ0v) is 22.8. The van der Waals surface area contributed by atoms with Crippen molar-refractivity contribution in [2.45, 2.75) is 24.7 Å². The molecule has 6 rings (SSSR count). The molecule has 42 heavy (non-hydrogen) atoms. The van der Waals surface area contributed by atoms with Crippen molar-refractivity contribution in [3.8, 4) is 34.8 Å². The lowest BCUT2D eigenvalue weighted by Crippen LogP contribution is -2.45. The molecule has 2 aromatic carbocycles. The number of aliphatic hydroxyl groups is 1. The van der Waals surface area contributed by atoms with Gasteiger partial charge in [0.25, 0.3) is 5.79 Å². The number of aromatic hydroxyl groups is 3. The van der Waals surface area contributed by atoms with Gasteiger partial charge in [0, 0.05) is 11.1 Å². The first-order valence-corrected chi connectivity index (χ1v) is 12.9. The third-order valence-electron chi connectivity index (χ3n) is 7.22. The van der Waals surface area contributed by atoms with Crippen molar-refractivity contribution in [1.29, 1.82) is 5.26 Å². The lowest BCUT2D eigenvalue weighted by Gasteiger charge is -2.37. The summed E-state index contributed by atoms with van der Waals surface area (Å²) in [6.07, 6.45) is -2.08. The molecule has 1 aromatic heterocycles. The number of nitrogens with zero attached hydrogens (tertiary/aromatic N) is 1. The van der Waals surface area contributed by atoms with Crippen molar-refractivity contribution in [2.75, 3.05) is 13.7 Å². The number of hydrogen-bond donors (Lipinski definition) is 5. The summed E-state index contributed by atoms with van der Waals surface area (Å²) in [5, 5.41) is 55.4. The molecule has 15 heteroatoms. The van der Waals surface area contributed by atoms with Crippen LogP contribution in [-0.2, 0) is 11.2 Å². The second-order valence-electron chi connectivity index (χ2n) is 9.62. The summed E-state index contributed by atoms with van der Waals surface area (Å²) in [6, 6.07) is 4.24. The van der Waals surface area contributed by atoms with Crippen LogP contribution in [0, 0.1) is 11.3 Å². The predicted molar refractivity (Wildman–Crippen MR) is 141 cm³/mol. The number of phenols is 3. The van der Waals surface area contributed by atoms with Crippen LogP contribution < -0.4 is 20.4 Å². The summed E-state index contributed by atoms with van der Waals surface area (Å²) < 4.78 is 21.1. The maximum absolute atomic E-state index is 13.2. The van der Waals surface area contributed by atoms with Gasteiger partial charge in [0.1, 0.15) is 23.4 Å². The molecule has 3 heterocycles. The Morgan fingerprint density at radius 1 is 1.12 bits per heavy atom. The van der Waals surface area contributed by atoms with Gasteiger partial charge in [0.15, 0.2) is 23.0 Å². The van der Waals surface area contributed by atoms with Gasteiger partial charge in [0.05, 0.1) is 47.7 Å². The first-order valence-electron chi connectivity index (χ1n) is 12.1. The number of phenolic OH excluding ortho intramolecular Hbond substituents is 3. The van der Waals surface area contributed by atoms with E-state index in [4.69, 9.17) is 19.2 Å². The minimum absolute atomic E-state index is 0.0334. The van der Waals surface area contributed by atoms with Crippen LogP contribution in [0.15, 0.2) is 31.5 Å². The van der Waals surface area contributed by atoms with E-state index in [1.807, 2.05) is 0 Å². The number of fused-ring (bicyclic) bond motifs is 4. The number of hydrogen-bond acceptors (Lipinski definition) is 14. The van der Waals surface area contributed by atoms with Gasteiger partial charge >= 0.3 is 11.6 Å². The van der Waals surface area contributed by atoms with E-state index in [9.17, 15) is 39.6 Å². The van der Waals surface area contributed by atoms with Crippen LogP contribution in [0.1, 0.15) is 54.9 Å². The highest BCUT2D eigenvalue weighted by molar-refractivity contribution is 9.12. The number of esters is 1. The average molecular weight is 641 g/mol. The average Bonchev–Trinajstić information content (AvgIpc) is 3.32. The molecule has 0 saturated heterocycles. The quantitative estimate of drug-likeness (QED) is 0.157. The molecule has 14 nitrogen and oxygen atoms in total. The van der Waals surface area contributed by atoms with Crippen molar-refractivity contribution < 1.29 is 53.4 Å². The highest BCUT2D eigenvalue weighted by atomic mass is 79.9. The zero-order chi connectivity index (χ0) is 30.2. The van der Waals surface area contributed by atoms with Gasteiger partial charge in [-0.25, -0.2) is 9.59 Å². The Bertz CT molecular complexity index is 1940. The van der Waals surface area contributed by atoms with Crippen molar-refractivity contribution in [2.24, 2.45) is 0 Å². The number of nitriles is 1. The number of benzene rings is 2. The number of allylic oxidation sites excluding steroid dienone is 2. The number of Topliss-reactive ketones (excluding diaryl/α,β-unsaturated/α-hetero) is 2. The molecule has 0 radical (unpaired) electrons. The SMILES string of the molecule is COC(=O)c1cc2cc3c(c(O)c2c(=O)o1)OC1(Cc2c(O)c4c(c(O)c2O1)C(=O)C(NCC#N)=C(Br)C4=O)CC3O. The lowest BCUT2D eigenvalue weighted by atomic mass is 9.86. The Morgan fingerprint density at radius 2 is 1.81 bits per heavy atom. The normalized spacial score (nSPS) is 20.4. The smallest absolute Gasteiger partial charge is 0.374 e. The molecule has 1 spiro atoms. The number of rotatable bonds is 3. The minimum Gasteiger partial charge on any atom is -0.507 e. The van der Waals surface area contributed by atoms with Crippen LogP contribution in [0.4, 0.5) is 0 Å². The molecule has 1 aliphatic carbocycles. The van der Waals surface area contributed by atoms with E-state index in [2.05, 4.69) is 26.0 Å². The predicted octanol–water partition coefficient (Wildman–Crippen LogP) is 1.94. The molecule has 3 aliphatic rings. The van der Waals surface area contributed by atoms with Gasteiger partial charge < -0.3 is 44.4 Å². The van der Waals surface area contributed by atoms with Crippen LogP contribution in [-0.4, -0.2) is 57.4 Å². The highest BCUT2D eigenvalue weighted by Gasteiger charge is 2.52. The Kier molecular flexibility index (Phi) is 5.96. The van der Waals surface area contributed by atoms with Gasteiger partial charge in [-0.1, -0.05) is 0 Å². The van der Waals surface area contributed by atoms with Crippen LogP contribution in [0.3, 0.4) is 0 Å². The number of ketones is 2. The van der Waals surface area contributed by atoms with E-state index in [1.165, 1.54) is 6.07 Å². The van der Waals surface area contributed by atoms with Crippen LogP contribution in [0.5, 0.6) is 28.7 Å². The molecule has 5 N–H and O–H groups in total. The summed E-state index contributed by atoms with van der Waals surface area (Å²) in [5.74, 6) is -7.94. The van der Waals surface area contributed by atoms with Crippen molar-refractivity contribution in [3.63, 3.8) is 0 Å². The fourth-order valence-electron chi connectivity index (χ4n) is 5.39. The topological polar surface area (TPSA) is 226 Å². The second-order valence-corrected chi connectivity index (χ2v) is 10.4. The van der Waals surface area contributed by atoms with Crippen LogP contribution in [0.25, 0.3) is 10.8 Å². The summed E-state index contributed by atoms with van der Waals surface area (Å²) in [4.78, 5) is 50.9. The molecule has 2 aliphatic heterocycles. The number of carbonyl (C=O) groups excluding carboxylic acids is 3. The van der Waals surface area contributed by atoms with Gasteiger partial charge in [-0.15, -0.1) is 0 Å². The van der Waals surface area contributed by atoms with Crippen LogP contribution >= 0.6 is 15.9 Å².